The number of amides is 1. The Morgan fingerprint density at radius 2 is 1.95 bits per heavy atom. The predicted molar refractivity (Wildman–Crippen MR) is 82.5 cm³/mol. The molecule has 122 valence electrons. The quantitative estimate of drug-likeness (QED) is 0.895. The Balaban J connectivity index is 1.47. The lowest BCUT2D eigenvalue weighted by Crippen LogP contribution is -2.50. The van der Waals surface area contributed by atoms with Crippen molar-refractivity contribution in [2.24, 2.45) is 11.7 Å². The minimum atomic E-state index is 0.0502. The molecule has 0 radical (unpaired) electrons. The Hall–Kier alpha value is -1.37. The van der Waals surface area contributed by atoms with Gasteiger partial charge < -0.3 is 19.8 Å². The van der Waals surface area contributed by atoms with Gasteiger partial charge in [-0.25, -0.2) is 0 Å². The zero-order valence-corrected chi connectivity index (χ0v) is 13.0. The Morgan fingerprint density at radius 1 is 1.23 bits per heavy atom. The van der Waals surface area contributed by atoms with Crippen molar-refractivity contribution in [3.05, 3.63) is 23.7 Å². The highest BCUT2D eigenvalue weighted by Crippen LogP contribution is 2.18. The third-order valence-electron chi connectivity index (χ3n) is 4.62. The number of ether oxygens (including phenoxy) is 1. The second kappa shape index (κ2) is 7.26. The number of carbonyl (C=O) groups is 1. The minimum absolute atomic E-state index is 0.0502. The molecule has 6 heteroatoms. The van der Waals surface area contributed by atoms with Crippen LogP contribution in [0.25, 0.3) is 0 Å². The number of hydrogen-bond donors (Lipinski definition) is 1. The van der Waals surface area contributed by atoms with Gasteiger partial charge in [-0.05, 0) is 24.8 Å². The van der Waals surface area contributed by atoms with Crippen molar-refractivity contribution < 1.29 is 13.9 Å². The molecule has 0 aliphatic carbocycles. The average molecular weight is 307 g/mol. The lowest BCUT2D eigenvalue weighted by Gasteiger charge is -2.37. The van der Waals surface area contributed by atoms with Gasteiger partial charge in [0.1, 0.15) is 12.0 Å². The average Bonchev–Trinajstić information content (AvgIpc) is 3.05. The molecule has 2 aliphatic heterocycles. The van der Waals surface area contributed by atoms with E-state index in [0.717, 1.165) is 64.7 Å². The monoisotopic (exact) mass is 307 g/mol. The molecule has 0 unspecified atom stereocenters. The van der Waals surface area contributed by atoms with Gasteiger partial charge in [0.15, 0.2) is 0 Å². The van der Waals surface area contributed by atoms with Gasteiger partial charge in [-0.15, -0.1) is 0 Å². The summed E-state index contributed by atoms with van der Waals surface area (Å²) < 4.78 is 10.7. The van der Waals surface area contributed by atoms with Crippen LogP contribution in [-0.4, -0.2) is 61.6 Å². The van der Waals surface area contributed by atoms with Crippen molar-refractivity contribution in [1.82, 2.24) is 9.80 Å². The van der Waals surface area contributed by atoms with Gasteiger partial charge in [-0.3, -0.25) is 9.69 Å². The summed E-state index contributed by atoms with van der Waals surface area (Å²) in [6.07, 6.45) is 3.84. The van der Waals surface area contributed by atoms with Gasteiger partial charge in [-0.1, -0.05) is 0 Å². The summed E-state index contributed by atoms with van der Waals surface area (Å²) in [4.78, 5) is 16.8. The van der Waals surface area contributed by atoms with Crippen LogP contribution in [0.2, 0.25) is 0 Å². The summed E-state index contributed by atoms with van der Waals surface area (Å²) in [6.45, 7) is 6.71. The van der Waals surface area contributed by atoms with Gasteiger partial charge in [-0.2, -0.15) is 0 Å². The third kappa shape index (κ3) is 3.69. The fraction of sp³-hybridized carbons (Fsp3) is 0.688. The highest BCUT2D eigenvalue weighted by atomic mass is 16.5. The molecule has 0 spiro atoms. The van der Waals surface area contributed by atoms with Crippen LogP contribution in [0.1, 0.15) is 29.0 Å². The van der Waals surface area contributed by atoms with Crippen LogP contribution in [0, 0.1) is 5.92 Å². The maximum Gasteiger partial charge on any atom is 0.257 e. The summed E-state index contributed by atoms with van der Waals surface area (Å²) in [5.41, 5.74) is 6.12. The fourth-order valence-corrected chi connectivity index (χ4v) is 3.21. The second-order valence-electron chi connectivity index (χ2n) is 6.15. The van der Waals surface area contributed by atoms with Gasteiger partial charge >= 0.3 is 0 Å². The topological polar surface area (TPSA) is 71.9 Å². The van der Waals surface area contributed by atoms with Crippen molar-refractivity contribution >= 4 is 5.91 Å². The number of rotatable bonds is 4. The lowest BCUT2D eigenvalue weighted by molar-refractivity contribution is 0.0393. The third-order valence-corrected chi connectivity index (χ3v) is 4.62. The Labute approximate surface area is 131 Å². The van der Waals surface area contributed by atoms with E-state index in [1.807, 2.05) is 4.90 Å². The van der Waals surface area contributed by atoms with Crippen LogP contribution in [-0.2, 0) is 11.3 Å². The SMILES string of the molecule is NCc1cc(C(=O)N2CCN(CC3CCOCC3)CC2)co1. The first kappa shape index (κ1) is 15.5. The highest BCUT2D eigenvalue weighted by molar-refractivity contribution is 5.94. The molecule has 2 saturated heterocycles. The Bertz CT molecular complexity index is 489. The van der Waals surface area contributed by atoms with Crippen molar-refractivity contribution in [3.63, 3.8) is 0 Å². The molecule has 6 nitrogen and oxygen atoms in total. The highest BCUT2D eigenvalue weighted by Gasteiger charge is 2.25. The molecule has 1 aromatic heterocycles. The van der Waals surface area contributed by atoms with E-state index in [1.165, 1.54) is 6.26 Å². The minimum Gasteiger partial charge on any atom is -0.467 e. The van der Waals surface area contributed by atoms with Crippen molar-refractivity contribution in [2.45, 2.75) is 19.4 Å². The second-order valence-corrected chi connectivity index (χ2v) is 6.15. The first-order valence-corrected chi connectivity index (χ1v) is 8.13. The van der Waals surface area contributed by atoms with Gasteiger partial charge in [0.05, 0.1) is 12.1 Å². The van der Waals surface area contributed by atoms with Gasteiger partial charge in [0.25, 0.3) is 5.91 Å². The van der Waals surface area contributed by atoms with Crippen LogP contribution >= 0.6 is 0 Å². The Kier molecular flexibility index (Phi) is 5.12. The molecular formula is C16H25N3O3. The molecule has 0 aromatic carbocycles. The normalized spacial score (nSPS) is 21.2. The van der Waals surface area contributed by atoms with E-state index in [-0.39, 0.29) is 5.91 Å². The predicted octanol–water partition coefficient (Wildman–Crippen LogP) is 0.923. The van der Waals surface area contributed by atoms with Crippen molar-refractivity contribution in [3.8, 4) is 0 Å². The summed E-state index contributed by atoms with van der Waals surface area (Å²) in [6, 6.07) is 1.75. The number of nitrogens with two attached hydrogens (primary N) is 1. The Morgan fingerprint density at radius 3 is 2.59 bits per heavy atom. The standard InChI is InChI=1S/C16H25N3O3/c17-10-15-9-14(12-22-15)16(20)19-5-3-18(4-6-19)11-13-1-7-21-8-2-13/h9,12-13H,1-8,10-11,17H2. The number of furan rings is 1. The molecule has 3 heterocycles. The molecule has 2 N–H and O–H groups in total. The number of nitrogens with zero attached hydrogens (tertiary/aromatic N) is 2. The number of carbonyl (C=O) groups excluding carboxylic acids is 1. The largest absolute Gasteiger partial charge is 0.467 e. The van der Waals surface area contributed by atoms with E-state index in [0.29, 0.717) is 17.9 Å². The van der Waals surface area contributed by atoms with Gasteiger partial charge in [0, 0.05) is 45.9 Å². The van der Waals surface area contributed by atoms with E-state index in [9.17, 15) is 4.79 Å². The molecule has 22 heavy (non-hydrogen) atoms. The lowest BCUT2D eigenvalue weighted by atomic mass is 9.99. The van der Waals surface area contributed by atoms with Crippen molar-refractivity contribution in [2.75, 3.05) is 45.9 Å². The van der Waals surface area contributed by atoms with E-state index in [1.54, 1.807) is 6.07 Å². The molecule has 0 bridgehead atoms. The summed E-state index contributed by atoms with van der Waals surface area (Å²) >= 11 is 0. The van der Waals surface area contributed by atoms with E-state index < -0.39 is 0 Å². The molecule has 2 fully saturated rings. The summed E-state index contributed by atoms with van der Waals surface area (Å²) in [5, 5.41) is 0. The van der Waals surface area contributed by atoms with E-state index in [4.69, 9.17) is 14.9 Å². The molecule has 1 amide bonds. The maximum absolute atomic E-state index is 12.4. The summed E-state index contributed by atoms with van der Waals surface area (Å²) in [5.74, 6) is 1.45. The molecule has 3 rings (SSSR count). The first-order chi connectivity index (χ1) is 10.8. The van der Waals surface area contributed by atoms with Crippen LogP contribution in [0.4, 0.5) is 0 Å². The summed E-state index contributed by atoms with van der Waals surface area (Å²) in [7, 11) is 0. The zero-order valence-electron chi connectivity index (χ0n) is 13.0. The van der Waals surface area contributed by atoms with Crippen LogP contribution in [0.15, 0.2) is 16.7 Å². The van der Waals surface area contributed by atoms with E-state index >= 15 is 0 Å². The maximum atomic E-state index is 12.4. The van der Waals surface area contributed by atoms with Crippen LogP contribution < -0.4 is 5.73 Å². The van der Waals surface area contributed by atoms with Gasteiger partial charge in [0.2, 0.25) is 0 Å². The smallest absolute Gasteiger partial charge is 0.257 e. The number of hydrogen-bond acceptors (Lipinski definition) is 5. The zero-order chi connectivity index (χ0) is 15.4. The van der Waals surface area contributed by atoms with E-state index in [2.05, 4.69) is 4.90 Å². The molecular weight excluding hydrogens is 282 g/mol. The fourth-order valence-electron chi connectivity index (χ4n) is 3.21. The molecule has 1 aromatic rings. The van der Waals surface area contributed by atoms with Crippen molar-refractivity contribution in [1.29, 1.82) is 0 Å². The molecule has 0 atom stereocenters. The van der Waals surface area contributed by atoms with Crippen LogP contribution in [0.3, 0.4) is 0 Å². The molecule has 0 saturated carbocycles. The molecule has 2 aliphatic rings. The van der Waals surface area contributed by atoms with Crippen LogP contribution in [0.5, 0.6) is 0 Å². The first-order valence-electron chi connectivity index (χ1n) is 8.13. The number of piperazine rings is 1.